The van der Waals surface area contributed by atoms with Crippen LogP contribution in [0.25, 0.3) is 0 Å². The van der Waals surface area contributed by atoms with Crippen molar-refractivity contribution < 1.29 is 18.7 Å². The molecule has 4 rings (SSSR count). The Bertz CT molecular complexity index is 1150. The Morgan fingerprint density at radius 1 is 1.24 bits per heavy atom. The molecule has 10 nitrogen and oxygen atoms in total. The van der Waals surface area contributed by atoms with Crippen LogP contribution in [0.2, 0.25) is 0 Å². The summed E-state index contributed by atoms with van der Waals surface area (Å²) in [7, 11) is 1.66. The van der Waals surface area contributed by atoms with Gasteiger partial charge in [0.25, 0.3) is 5.91 Å². The SMILES string of the molecule is CN(Cc1nsc(NC(=O)NCc2cccc(F)c2)n1)C(=O)c1cccnc1N1CCOCC1. The summed E-state index contributed by atoms with van der Waals surface area (Å²) >= 11 is 1.01. The van der Waals surface area contributed by atoms with Crippen LogP contribution in [-0.4, -0.2) is 64.5 Å². The molecule has 0 aliphatic carbocycles. The zero-order chi connectivity index (χ0) is 23.9. The molecule has 0 radical (unpaired) electrons. The van der Waals surface area contributed by atoms with Crippen molar-refractivity contribution in [2.45, 2.75) is 13.1 Å². The molecular formula is C22H24FN7O3S. The third-order valence-corrected chi connectivity index (χ3v) is 5.75. The molecule has 3 heterocycles. The van der Waals surface area contributed by atoms with Crippen LogP contribution in [0.3, 0.4) is 0 Å². The summed E-state index contributed by atoms with van der Waals surface area (Å²) in [6.07, 6.45) is 1.67. The van der Waals surface area contributed by atoms with Crippen molar-refractivity contribution in [2.75, 3.05) is 43.6 Å². The quantitative estimate of drug-likeness (QED) is 0.529. The minimum absolute atomic E-state index is 0.166. The molecule has 2 aromatic heterocycles. The lowest BCUT2D eigenvalue weighted by molar-refractivity contribution is 0.0780. The minimum Gasteiger partial charge on any atom is -0.378 e. The second kappa shape index (κ2) is 11.0. The van der Waals surface area contributed by atoms with Crippen molar-refractivity contribution >= 4 is 34.4 Å². The third kappa shape index (κ3) is 6.02. The van der Waals surface area contributed by atoms with Gasteiger partial charge in [-0.2, -0.15) is 4.37 Å². The van der Waals surface area contributed by atoms with Gasteiger partial charge in [-0.15, -0.1) is 0 Å². The van der Waals surface area contributed by atoms with Crippen molar-refractivity contribution in [3.8, 4) is 0 Å². The molecule has 3 aromatic rings. The van der Waals surface area contributed by atoms with Gasteiger partial charge in [0, 0.05) is 44.4 Å². The van der Waals surface area contributed by atoms with Crippen molar-refractivity contribution in [3.05, 3.63) is 65.4 Å². The second-order valence-electron chi connectivity index (χ2n) is 7.59. The minimum atomic E-state index is -0.484. The van der Waals surface area contributed by atoms with E-state index in [4.69, 9.17) is 4.74 Å². The summed E-state index contributed by atoms with van der Waals surface area (Å²) in [6.45, 7) is 2.86. The van der Waals surface area contributed by atoms with E-state index in [-0.39, 0.29) is 24.8 Å². The first-order valence-corrected chi connectivity index (χ1v) is 11.4. The molecule has 1 fully saturated rings. The molecule has 1 aliphatic heterocycles. The van der Waals surface area contributed by atoms with Crippen molar-refractivity contribution in [1.82, 2.24) is 24.6 Å². The Hall–Kier alpha value is -3.64. The van der Waals surface area contributed by atoms with E-state index in [0.29, 0.717) is 54.2 Å². The highest BCUT2D eigenvalue weighted by atomic mass is 32.1. The number of halogens is 1. The number of anilines is 2. The predicted octanol–water partition coefficient (Wildman–Crippen LogP) is 2.50. The average molecular weight is 486 g/mol. The van der Waals surface area contributed by atoms with Gasteiger partial charge in [0.1, 0.15) is 11.6 Å². The van der Waals surface area contributed by atoms with Crippen LogP contribution in [-0.2, 0) is 17.8 Å². The standard InChI is InChI=1S/C22H24FN7O3S/c1-29(20(31)17-6-3-7-24-19(17)30-8-10-33-11-9-30)14-18-26-22(34-28-18)27-21(32)25-13-15-4-2-5-16(23)12-15/h2-7,12H,8-11,13-14H2,1H3,(H2,25,26,27,28,32). The first kappa shape index (κ1) is 23.5. The average Bonchev–Trinajstić information content (AvgIpc) is 3.29. The van der Waals surface area contributed by atoms with E-state index < -0.39 is 6.03 Å². The van der Waals surface area contributed by atoms with E-state index in [1.54, 1.807) is 37.5 Å². The highest BCUT2D eigenvalue weighted by molar-refractivity contribution is 7.09. The fourth-order valence-corrected chi connectivity index (χ4v) is 4.00. The molecular weight excluding hydrogens is 461 g/mol. The van der Waals surface area contributed by atoms with E-state index >= 15 is 0 Å². The number of nitrogens with one attached hydrogen (secondary N) is 2. The Labute approximate surface area is 199 Å². The maximum Gasteiger partial charge on any atom is 0.321 e. The Morgan fingerprint density at radius 3 is 2.85 bits per heavy atom. The highest BCUT2D eigenvalue weighted by Gasteiger charge is 2.23. The smallest absolute Gasteiger partial charge is 0.321 e. The molecule has 34 heavy (non-hydrogen) atoms. The van der Waals surface area contributed by atoms with Gasteiger partial charge < -0.3 is 19.9 Å². The Kier molecular flexibility index (Phi) is 7.60. The number of hydrogen-bond donors (Lipinski definition) is 2. The molecule has 3 amide bonds. The van der Waals surface area contributed by atoms with Crippen LogP contribution in [0.15, 0.2) is 42.6 Å². The summed E-state index contributed by atoms with van der Waals surface area (Å²) in [6, 6.07) is 8.98. The third-order valence-electron chi connectivity index (χ3n) is 5.08. The number of morpholine rings is 1. The van der Waals surface area contributed by atoms with E-state index in [2.05, 4.69) is 25.0 Å². The molecule has 12 heteroatoms. The van der Waals surface area contributed by atoms with Crippen LogP contribution in [0, 0.1) is 5.82 Å². The first-order chi connectivity index (χ1) is 16.5. The number of carbonyl (C=O) groups excluding carboxylic acids is 2. The van der Waals surface area contributed by atoms with Gasteiger partial charge in [-0.05, 0) is 29.8 Å². The van der Waals surface area contributed by atoms with Gasteiger partial charge in [-0.25, -0.2) is 19.2 Å². The molecule has 1 aliphatic rings. The zero-order valence-electron chi connectivity index (χ0n) is 18.5. The lowest BCUT2D eigenvalue weighted by Gasteiger charge is -2.29. The molecule has 0 spiro atoms. The number of ether oxygens (including phenoxy) is 1. The molecule has 2 N–H and O–H groups in total. The number of amides is 3. The lowest BCUT2D eigenvalue weighted by atomic mass is 10.2. The first-order valence-electron chi connectivity index (χ1n) is 10.6. The number of hydrogen-bond acceptors (Lipinski definition) is 8. The van der Waals surface area contributed by atoms with E-state index in [9.17, 15) is 14.0 Å². The molecule has 1 saturated heterocycles. The topological polar surface area (TPSA) is 113 Å². The van der Waals surface area contributed by atoms with E-state index in [1.165, 1.54) is 17.0 Å². The molecule has 0 unspecified atom stereocenters. The van der Waals surface area contributed by atoms with Crippen LogP contribution in [0.4, 0.5) is 20.1 Å². The van der Waals surface area contributed by atoms with Crippen molar-refractivity contribution in [2.24, 2.45) is 0 Å². The predicted molar refractivity (Wildman–Crippen MR) is 125 cm³/mol. The largest absolute Gasteiger partial charge is 0.378 e. The zero-order valence-corrected chi connectivity index (χ0v) is 19.3. The summed E-state index contributed by atoms with van der Waals surface area (Å²) in [4.78, 5) is 37.5. The fraction of sp³-hybridized carbons (Fsp3) is 0.318. The van der Waals surface area contributed by atoms with Crippen LogP contribution in [0.1, 0.15) is 21.7 Å². The second-order valence-corrected chi connectivity index (χ2v) is 8.34. The Balaban J connectivity index is 1.33. The number of pyridine rings is 1. The summed E-state index contributed by atoms with van der Waals surface area (Å²) in [5, 5.41) is 5.54. The van der Waals surface area contributed by atoms with Gasteiger partial charge >= 0.3 is 6.03 Å². The van der Waals surface area contributed by atoms with E-state index in [1.807, 2.05) is 4.90 Å². The summed E-state index contributed by atoms with van der Waals surface area (Å²) in [5.74, 6) is 0.464. The van der Waals surface area contributed by atoms with Gasteiger partial charge in [0.2, 0.25) is 5.13 Å². The molecule has 178 valence electrons. The van der Waals surface area contributed by atoms with Gasteiger partial charge in [0.15, 0.2) is 5.82 Å². The van der Waals surface area contributed by atoms with E-state index in [0.717, 1.165) is 11.5 Å². The summed E-state index contributed by atoms with van der Waals surface area (Å²) < 4.78 is 22.9. The lowest BCUT2D eigenvalue weighted by Crippen LogP contribution is -2.38. The van der Waals surface area contributed by atoms with Crippen LogP contribution >= 0.6 is 11.5 Å². The fourth-order valence-electron chi connectivity index (χ4n) is 3.42. The maximum atomic E-state index is 13.2. The van der Waals surface area contributed by atoms with Gasteiger partial charge in [-0.1, -0.05) is 12.1 Å². The van der Waals surface area contributed by atoms with Crippen molar-refractivity contribution in [3.63, 3.8) is 0 Å². The number of urea groups is 1. The molecule has 1 aromatic carbocycles. The summed E-state index contributed by atoms with van der Waals surface area (Å²) in [5.41, 5.74) is 1.14. The normalized spacial score (nSPS) is 13.4. The highest BCUT2D eigenvalue weighted by Crippen LogP contribution is 2.21. The van der Waals surface area contributed by atoms with Gasteiger partial charge in [-0.3, -0.25) is 10.1 Å². The van der Waals surface area contributed by atoms with Crippen molar-refractivity contribution in [1.29, 1.82) is 0 Å². The Morgan fingerprint density at radius 2 is 2.06 bits per heavy atom. The monoisotopic (exact) mass is 485 g/mol. The number of nitrogens with zero attached hydrogens (tertiary/aromatic N) is 5. The van der Waals surface area contributed by atoms with Crippen LogP contribution in [0.5, 0.6) is 0 Å². The van der Waals surface area contributed by atoms with Gasteiger partial charge in [0.05, 0.1) is 25.3 Å². The number of carbonyl (C=O) groups is 2. The molecule has 0 saturated carbocycles. The number of benzene rings is 1. The maximum absolute atomic E-state index is 13.2. The van der Waals surface area contributed by atoms with Crippen LogP contribution < -0.4 is 15.5 Å². The molecule has 0 bridgehead atoms. The molecule has 0 atom stereocenters. The number of rotatable bonds is 7. The number of aromatic nitrogens is 3.